The maximum absolute atomic E-state index is 15.5. The van der Waals surface area contributed by atoms with Crippen molar-refractivity contribution in [3.8, 4) is 28.5 Å². The van der Waals surface area contributed by atoms with Crippen LogP contribution in [0.3, 0.4) is 0 Å². The number of aromatic nitrogens is 5. The van der Waals surface area contributed by atoms with Crippen LogP contribution in [0.2, 0.25) is 0 Å². The highest BCUT2D eigenvalue weighted by Gasteiger charge is 2.27. The minimum absolute atomic E-state index is 0.230. The number of nitrogens with one attached hydrogen (secondary N) is 3. The topological polar surface area (TPSA) is 146 Å². The summed E-state index contributed by atoms with van der Waals surface area (Å²) in [5.41, 5.74) is -1.73. The summed E-state index contributed by atoms with van der Waals surface area (Å²) in [5, 5.41) is 15.9. The average molecular weight is 548 g/mol. The van der Waals surface area contributed by atoms with E-state index in [4.69, 9.17) is 4.74 Å². The van der Waals surface area contributed by atoms with Crippen LogP contribution in [0.4, 0.5) is 23.2 Å². The number of hydrogen-bond donors (Lipinski definition) is 4. The van der Waals surface area contributed by atoms with Gasteiger partial charge < -0.3 is 14.8 Å². The van der Waals surface area contributed by atoms with Crippen LogP contribution in [0.15, 0.2) is 47.6 Å². The summed E-state index contributed by atoms with van der Waals surface area (Å²) in [5.74, 6) is -4.91. The van der Waals surface area contributed by atoms with Crippen molar-refractivity contribution in [1.82, 2.24) is 25.1 Å². The van der Waals surface area contributed by atoms with Crippen LogP contribution in [0.1, 0.15) is 5.69 Å². The first-order chi connectivity index (χ1) is 18.1. The third-order valence-electron chi connectivity index (χ3n) is 5.57. The van der Waals surface area contributed by atoms with Gasteiger partial charge in [-0.15, -0.1) is 0 Å². The van der Waals surface area contributed by atoms with Crippen molar-refractivity contribution in [2.24, 2.45) is 0 Å². The number of imidazole rings is 1. The van der Waals surface area contributed by atoms with Crippen molar-refractivity contribution in [1.29, 1.82) is 0 Å². The molecule has 5 rings (SSSR count). The number of ether oxygens (including phenoxy) is 1. The van der Waals surface area contributed by atoms with E-state index in [9.17, 15) is 22.3 Å². The molecule has 0 aliphatic rings. The lowest BCUT2D eigenvalue weighted by Crippen LogP contribution is -2.16. The van der Waals surface area contributed by atoms with Crippen molar-refractivity contribution in [2.75, 3.05) is 11.8 Å². The second kappa shape index (κ2) is 9.42. The van der Waals surface area contributed by atoms with Gasteiger partial charge in [-0.05, 0) is 18.2 Å². The molecule has 38 heavy (non-hydrogen) atoms. The van der Waals surface area contributed by atoms with Gasteiger partial charge in [0.05, 0.1) is 43.1 Å². The summed E-state index contributed by atoms with van der Waals surface area (Å²) < 4.78 is 91.9. The molecule has 2 aromatic carbocycles. The Morgan fingerprint density at radius 3 is 2.55 bits per heavy atom. The zero-order valence-corrected chi connectivity index (χ0v) is 20.0. The predicted octanol–water partition coefficient (Wildman–Crippen LogP) is 3.87. The highest BCUT2D eigenvalue weighted by Crippen LogP contribution is 2.37. The predicted molar refractivity (Wildman–Crippen MR) is 126 cm³/mol. The lowest BCUT2D eigenvalue weighted by Gasteiger charge is -2.14. The third kappa shape index (κ3) is 4.20. The Morgan fingerprint density at radius 2 is 1.84 bits per heavy atom. The number of hydrogen-bond acceptors (Lipinski definition) is 7. The Morgan fingerprint density at radius 1 is 1.05 bits per heavy atom. The second-order valence-corrected chi connectivity index (χ2v) is 9.54. The molecular weight excluding hydrogens is 532 g/mol. The van der Waals surface area contributed by atoms with Crippen LogP contribution >= 0.6 is 0 Å². The van der Waals surface area contributed by atoms with Gasteiger partial charge >= 0.3 is 0 Å². The molecule has 0 aliphatic heterocycles. The number of sulfonamides is 1. The zero-order valence-electron chi connectivity index (χ0n) is 19.2. The number of aliphatic hydroxyl groups excluding tert-OH is 1. The number of methoxy groups -OCH3 is 1. The maximum Gasteiger partial charge on any atom is 0.267 e. The quantitative estimate of drug-likeness (QED) is 0.226. The van der Waals surface area contributed by atoms with Gasteiger partial charge in [0.25, 0.3) is 10.0 Å². The molecule has 0 unspecified atom stereocenters. The highest BCUT2D eigenvalue weighted by molar-refractivity contribution is 7.92. The van der Waals surface area contributed by atoms with E-state index in [1.54, 1.807) is 0 Å². The van der Waals surface area contributed by atoms with Gasteiger partial charge in [0, 0.05) is 17.0 Å². The Balaban J connectivity index is 1.58. The maximum atomic E-state index is 15.5. The molecule has 4 N–H and O–H groups in total. The molecule has 0 spiro atoms. The number of halogens is 4. The number of benzene rings is 2. The van der Waals surface area contributed by atoms with Crippen LogP contribution in [0.25, 0.3) is 33.5 Å². The van der Waals surface area contributed by atoms with E-state index in [-0.39, 0.29) is 29.0 Å². The molecule has 3 heterocycles. The third-order valence-corrected chi connectivity index (χ3v) is 6.93. The van der Waals surface area contributed by atoms with Crippen molar-refractivity contribution in [3.05, 3.63) is 71.7 Å². The number of nitrogens with zero attached hydrogens (tertiary/aromatic N) is 3. The smallest absolute Gasteiger partial charge is 0.267 e. The van der Waals surface area contributed by atoms with Gasteiger partial charge in [-0.1, -0.05) is 6.07 Å². The van der Waals surface area contributed by atoms with Crippen LogP contribution in [0.5, 0.6) is 5.88 Å². The van der Waals surface area contributed by atoms with Gasteiger partial charge in [-0.3, -0.25) is 9.82 Å². The molecule has 0 atom stereocenters. The molecule has 0 aliphatic carbocycles. The first-order valence-corrected chi connectivity index (χ1v) is 12.1. The van der Waals surface area contributed by atoms with Crippen molar-refractivity contribution in [3.63, 3.8) is 0 Å². The molecule has 0 saturated carbocycles. The molecule has 15 heteroatoms. The molecule has 5 aromatic rings. The van der Waals surface area contributed by atoms with E-state index < -0.39 is 60.9 Å². The monoisotopic (exact) mass is 548 g/mol. The highest BCUT2D eigenvalue weighted by atomic mass is 32.2. The largest absolute Gasteiger partial charge is 0.480 e. The number of fused-ring (bicyclic) bond motifs is 1. The molecular formula is C23H16F4N6O4S. The SMILES string of the molecule is COc1ncc(F)cc1S(=O)(=O)Nc1ccc(F)c(-c2ccc3c(-c4ncc(CO)[nH]4)[nH]nc3c2F)c1F. The molecule has 0 saturated heterocycles. The standard InChI is InChI=1S/C23H16F4N6O4S/c1-37-23-16(6-10(24)7-29-23)38(35,36)33-15-5-4-14(25)17(19(15)27)12-2-3-13-20(18(12)26)31-32-21(13)22-28-8-11(9-34)30-22/h2-8,33-34H,9H2,1H3,(H,28,30)(H,31,32). The fraction of sp³-hybridized carbons (Fsp3) is 0.0870. The number of anilines is 1. The average Bonchev–Trinajstić information content (AvgIpc) is 3.54. The first-order valence-electron chi connectivity index (χ1n) is 10.7. The Bertz CT molecular complexity index is 1810. The van der Waals surface area contributed by atoms with Crippen LogP contribution in [0, 0.1) is 23.3 Å². The minimum atomic E-state index is -4.66. The van der Waals surface area contributed by atoms with Gasteiger partial charge in [-0.25, -0.2) is 35.9 Å². The number of H-pyrrole nitrogens is 2. The van der Waals surface area contributed by atoms with Crippen molar-refractivity contribution >= 4 is 26.6 Å². The number of pyridine rings is 1. The van der Waals surface area contributed by atoms with E-state index >= 15 is 8.78 Å². The van der Waals surface area contributed by atoms with E-state index in [2.05, 4.69) is 25.1 Å². The second-order valence-electron chi connectivity index (χ2n) is 7.89. The Hall–Kier alpha value is -4.50. The lowest BCUT2D eigenvalue weighted by atomic mass is 10.0. The van der Waals surface area contributed by atoms with Gasteiger partial charge in [0.2, 0.25) is 5.88 Å². The number of rotatable bonds is 7. The van der Waals surface area contributed by atoms with Crippen LogP contribution in [-0.4, -0.2) is 45.8 Å². The summed E-state index contributed by atoms with van der Waals surface area (Å²) in [6.07, 6.45) is 2.10. The van der Waals surface area contributed by atoms with Gasteiger partial charge in [0.15, 0.2) is 22.4 Å². The summed E-state index contributed by atoms with van der Waals surface area (Å²) in [6, 6.07) is 4.61. The Kier molecular flexibility index (Phi) is 6.24. The lowest BCUT2D eigenvalue weighted by molar-refractivity contribution is 0.277. The summed E-state index contributed by atoms with van der Waals surface area (Å²) in [7, 11) is -3.56. The fourth-order valence-corrected chi connectivity index (χ4v) is 5.01. The minimum Gasteiger partial charge on any atom is -0.480 e. The van der Waals surface area contributed by atoms with Crippen LogP contribution < -0.4 is 9.46 Å². The summed E-state index contributed by atoms with van der Waals surface area (Å²) >= 11 is 0. The molecule has 0 fully saturated rings. The first kappa shape index (κ1) is 25.2. The fourth-order valence-electron chi connectivity index (χ4n) is 3.82. The summed E-state index contributed by atoms with van der Waals surface area (Å²) in [4.78, 5) is 9.69. The normalized spacial score (nSPS) is 11.7. The van der Waals surface area contributed by atoms with E-state index in [1.807, 2.05) is 4.72 Å². The summed E-state index contributed by atoms with van der Waals surface area (Å²) in [6.45, 7) is -0.307. The van der Waals surface area contributed by atoms with Crippen molar-refractivity contribution < 1.29 is 35.8 Å². The molecule has 0 radical (unpaired) electrons. The number of aromatic amines is 2. The van der Waals surface area contributed by atoms with Gasteiger partial charge in [0.1, 0.15) is 22.8 Å². The van der Waals surface area contributed by atoms with E-state index in [0.717, 1.165) is 31.5 Å². The van der Waals surface area contributed by atoms with Crippen LogP contribution in [-0.2, 0) is 16.6 Å². The Labute approximate surface area is 211 Å². The van der Waals surface area contributed by atoms with E-state index in [0.29, 0.717) is 11.8 Å². The van der Waals surface area contributed by atoms with Gasteiger partial charge in [-0.2, -0.15) is 5.10 Å². The molecule has 0 amide bonds. The van der Waals surface area contributed by atoms with E-state index in [1.165, 1.54) is 12.3 Å². The molecule has 0 bridgehead atoms. The molecule has 196 valence electrons. The van der Waals surface area contributed by atoms with Crippen molar-refractivity contribution in [2.45, 2.75) is 11.5 Å². The molecule has 10 nitrogen and oxygen atoms in total. The zero-order chi connectivity index (χ0) is 27.2. The molecule has 3 aromatic heterocycles. The number of aliphatic hydroxyl groups is 1.